The number of fused-ring (bicyclic) bond motifs is 2. The van der Waals surface area contributed by atoms with Crippen LogP contribution >= 0.6 is 42.9 Å². The Bertz CT molecular complexity index is 2510. The number of rotatable bonds is 7. The minimum Gasteiger partial charge on any atom is -0.744 e. The van der Waals surface area contributed by atoms with Crippen molar-refractivity contribution in [1.82, 2.24) is 0 Å². The second kappa shape index (κ2) is 13.8. The van der Waals surface area contributed by atoms with Crippen molar-refractivity contribution in [2.75, 3.05) is 6.26 Å². The van der Waals surface area contributed by atoms with E-state index in [0.29, 0.717) is 37.3 Å². The molecule has 0 bridgehead atoms. The minimum absolute atomic E-state index is 0. The molecular weight excluding hydrogens is 767 g/mol. The van der Waals surface area contributed by atoms with E-state index in [9.17, 15) is 25.9 Å². The zero-order valence-electron chi connectivity index (χ0n) is 25.7. The Morgan fingerprint density at radius 2 is 1.47 bits per heavy atom. The van der Waals surface area contributed by atoms with Crippen molar-refractivity contribution in [3.63, 3.8) is 0 Å². The summed E-state index contributed by atoms with van der Waals surface area (Å²) in [6, 6.07) is 29.0. The van der Waals surface area contributed by atoms with Gasteiger partial charge < -0.3 is 13.7 Å². The van der Waals surface area contributed by atoms with Crippen molar-refractivity contribution in [3.8, 4) is 10.4 Å². The van der Waals surface area contributed by atoms with Gasteiger partial charge in [-0.05, 0) is 66.4 Å². The summed E-state index contributed by atoms with van der Waals surface area (Å²) in [5.74, 6) is 0. The number of thioether (sulfide) groups is 1. The van der Waals surface area contributed by atoms with E-state index in [2.05, 4.69) is 12.6 Å². The molecule has 0 aliphatic carbocycles. The van der Waals surface area contributed by atoms with Crippen LogP contribution in [0.15, 0.2) is 139 Å². The number of allylic oxidation sites excluding steroid dienone is 2. The molecule has 1 unspecified atom stereocenters. The third-order valence-electron chi connectivity index (χ3n) is 7.98. The van der Waals surface area contributed by atoms with Crippen molar-refractivity contribution in [2.24, 2.45) is 0 Å². The molecule has 7 rings (SSSR count). The van der Waals surface area contributed by atoms with Crippen LogP contribution in [0.4, 0.5) is 0 Å². The van der Waals surface area contributed by atoms with Gasteiger partial charge in [-0.1, -0.05) is 48.5 Å². The summed E-state index contributed by atoms with van der Waals surface area (Å²) < 4.78 is 90.0. The van der Waals surface area contributed by atoms with Crippen LogP contribution in [0.1, 0.15) is 16.0 Å². The predicted molar refractivity (Wildman–Crippen MR) is 196 cm³/mol. The van der Waals surface area contributed by atoms with Crippen molar-refractivity contribution in [1.29, 1.82) is 0 Å². The maximum Gasteiger partial charge on any atom is 1.00 e. The average Bonchev–Trinajstić information content (AvgIpc) is 3.72. The van der Waals surface area contributed by atoms with Crippen LogP contribution in [0, 0.1) is 0 Å². The Kier molecular flexibility index (Phi) is 10.3. The monoisotopic (exact) mass is 788 g/mol. The minimum atomic E-state index is -5.30. The molecule has 0 amide bonds. The van der Waals surface area contributed by atoms with Gasteiger partial charge in [0.25, 0.3) is 4.91 Å². The van der Waals surface area contributed by atoms with Crippen molar-refractivity contribution in [2.45, 2.75) is 19.6 Å². The van der Waals surface area contributed by atoms with Crippen LogP contribution in [-0.2, 0) is 36.2 Å². The number of thiol groups is 1. The zero-order chi connectivity index (χ0) is 34.0. The number of hydrogen-bond acceptors (Lipinski definition) is 10. The van der Waals surface area contributed by atoms with Crippen molar-refractivity contribution < 1.29 is 60.1 Å². The Morgan fingerprint density at radius 1 is 0.816 bits per heavy atom. The standard InChI is InChI=1S/C34H23O7PS6.Na/c1-44-24-13-9-21(10-14-24)30-19-28-34(46-30)32(26-16-15-25(47(36,37)38)17-31(26)48(39,40)41)33-27(42(28,35)22-5-3-2-4-6-22)18-29(45-33)20-7-11-23(43)12-8-20;/h2-19H,1H3,(H2-,35,36,37,38,39,40,41,43);/q;+1/p-1. The maximum absolute atomic E-state index is 15.9. The Balaban J connectivity index is 0.00000417. The second-order valence-corrected chi connectivity index (χ2v) is 19.7. The quantitative estimate of drug-likeness (QED) is 0.0505. The van der Waals surface area contributed by atoms with Crippen LogP contribution in [0.25, 0.3) is 16.0 Å². The molecule has 0 fully saturated rings. The normalized spacial score (nSPS) is 17.1. The van der Waals surface area contributed by atoms with Crippen LogP contribution in [-0.4, -0.2) is 37.1 Å². The molecule has 0 N–H and O–H groups in total. The molecule has 0 saturated heterocycles. The molecule has 0 saturated carbocycles. The summed E-state index contributed by atoms with van der Waals surface area (Å²) in [6.07, 6.45) is 3.83. The van der Waals surface area contributed by atoms with Crippen LogP contribution in [0.5, 0.6) is 0 Å². The number of benzene rings is 4. The van der Waals surface area contributed by atoms with E-state index in [1.165, 1.54) is 28.8 Å². The van der Waals surface area contributed by atoms with Gasteiger partial charge >= 0.3 is 29.6 Å². The van der Waals surface area contributed by atoms with Gasteiger partial charge in [-0.2, -0.15) is 0 Å². The molecule has 7 nitrogen and oxygen atoms in total. The SMILES string of the molecule is CSc1ccc(C2=[S+]C3=C(c4ccc(S(=O)(=O)[O-])cc4S(=O)(=O)[O-])c4sc(-c5ccc(S)cc5)cc4P(=O)(c4ccccc4)C3=C2)cc1.[Na+]. The fourth-order valence-electron chi connectivity index (χ4n) is 5.72. The maximum atomic E-state index is 15.9. The van der Waals surface area contributed by atoms with E-state index in [-0.39, 0.29) is 35.1 Å². The molecule has 1 aromatic heterocycles. The summed E-state index contributed by atoms with van der Waals surface area (Å²) in [7, 11) is -14.0. The molecule has 1 atom stereocenters. The van der Waals surface area contributed by atoms with E-state index < -0.39 is 37.2 Å². The van der Waals surface area contributed by atoms with Gasteiger partial charge in [0.05, 0.1) is 25.6 Å². The van der Waals surface area contributed by atoms with E-state index in [4.69, 9.17) is 0 Å². The van der Waals surface area contributed by atoms with Gasteiger partial charge in [-0.25, -0.2) is 16.8 Å². The van der Waals surface area contributed by atoms with Crippen molar-refractivity contribution >= 4 is 95.5 Å². The Hall–Kier alpha value is -2.10. The molecular formula is C34H22NaO7PS6. The van der Waals surface area contributed by atoms with Gasteiger partial charge in [0.1, 0.15) is 20.2 Å². The van der Waals surface area contributed by atoms with Crippen LogP contribution in [0.3, 0.4) is 0 Å². The fraction of sp³-hybridized carbons (Fsp3) is 0.0294. The molecule has 15 heteroatoms. The smallest absolute Gasteiger partial charge is 0.744 e. The van der Waals surface area contributed by atoms with E-state index in [1.54, 1.807) is 23.9 Å². The Labute approximate surface area is 324 Å². The van der Waals surface area contributed by atoms with Gasteiger partial charge in [0.2, 0.25) is 16.2 Å². The third kappa shape index (κ3) is 6.70. The molecule has 2 aliphatic heterocycles. The van der Waals surface area contributed by atoms with Crippen molar-refractivity contribution in [3.05, 3.63) is 135 Å². The second-order valence-electron chi connectivity index (χ2n) is 10.8. The molecule has 4 aromatic carbocycles. The molecule has 242 valence electrons. The van der Waals surface area contributed by atoms with Gasteiger partial charge in [-0.15, -0.1) is 35.7 Å². The first-order valence-corrected chi connectivity index (χ1v) is 21.9. The largest absolute Gasteiger partial charge is 1.00 e. The molecule has 0 radical (unpaired) electrons. The van der Waals surface area contributed by atoms with E-state index in [1.807, 2.05) is 85.1 Å². The average molecular weight is 789 g/mol. The number of thiophene rings is 1. The summed E-state index contributed by atoms with van der Waals surface area (Å²) >= 11 is 8.59. The van der Waals surface area contributed by atoms with Gasteiger partial charge in [0, 0.05) is 42.5 Å². The fourth-order valence-corrected chi connectivity index (χ4v) is 13.9. The zero-order valence-corrected chi connectivity index (χ0v) is 33.6. The van der Waals surface area contributed by atoms with Gasteiger partial charge in [-0.3, -0.25) is 0 Å². The topological polar surface area (TPSA) is 131 Å². The molecule has 5 aromatic rings. The Morgan fingerprint density at radius 3 is 2.08 bits per heavy atom. The first-order chi connectivity index (χ1) is 22.8. The summed E-state index contributed by atoms with van der Waals surface area (Å²) in [4.78, 5) is 2.60. The summed E-state index contributed by atoms with van der Waals surface area (Å²) in [5, 5.41) is 1.51. The summed E-state index contributed by atoms with van der Waals surface area (Å²) in [5.41, 5.74) is 1.91. The predicted octanol–water partition coefficient (Wildman–Crippen LogP) is 3.53. The molecule has 49 heavy (non-hydrogen) atoms. The van der Waals surface area contributed by atoms with Crippen LogP contribution < -0.4 is 40.2 Å². The number of hydrogen-bond donors (Lipinski definition) is 1. The first-order valence-electron chi connectivity index (χ1n) is 14.1. The van der Waals surface area contributed by atoms with Crippen LogP contribution in [0.2, 0.25) is 0 Å². The summed E-state index contributed by atoms with van der Waals surface area (Å²) in [6.45, 7) is 0. The van der Waals surface area contributed by atoms with E-state index >= 15 is 4.57 Å². The third-order valence-corrected chi connectivity index (χ3v) is 16.5. The molecule has 2 aliphatic rings. The molecule has 3 heterocycles. The van der Waals surface area contributed by atoms with E-state index in [0.717, 1.165) is 36.7 Å². The first kappa shape index (κ1) is 36.7. The van der Waals surface area contributed by atoms with Gasteiger partial charge in [0.15, 0.2) is 7.14 Å². The molecule has 0 spiro atoms.